The van der Waals surface area contributed by atoms with Crippen molar-refractivity contribution in [3.8, 4) is 0 Å². The molecule has 0 heterocycles. The first-order chi connectivity index (χ1) is 12.0. The lowest BCUT2D eigenvalue weighted by molar-refractivity contribution is -0.130. The molecule has 1 aromatic carbocycles. The minimum absolute atomic E-state index is 0.00305. The molecule has 136 valence electrons. The minimum atomic E-state index is -0.402. The van der Waals surface area contributed by atoms with Crippen molar-refractivity contribution in [2.75, 3.05) is 32.0 Å². The van der Waals surface area contributed by atoms with Gasteiger partial charge in [0.05, 0.1) is 13.1 Å². The molecule has 0 saturated carbocycles. The van der Waals surface area contributed by atoms with Gasteiger partial charge in [-0.25, -0.2) is 4.39 Å². The second-order valence-corrected chi connectivity index (χ2v) is 6.31. The van der Waals surface area contributed by atoms with Gasteiger partial charge in [0.1, 0.15) is 5.82 Å². The van der Waals surface area contributed by atoms with Gasteiger partial charge in [-0.1, -0.05) is 12.1 Å². The fraction of sp³-hybridized carbons (Fsp3) is 0.474. The summed E-state index contributed by atoms with van der Waals surface area (Å²) >= 11 is 0. The summed E-state index contributed by atoms with van der Waals surface area (Å²) in [6, 6.07) is 5.74. The molecule has 5 nitrogen and oxygen atoms in total. The Bertz CT molecular complexity index is 645. The molecule has 0 aromatic heterocycles. The highest BCUT2D eigenvalue weighted by molar-refractivity contribution is 5.92. The molecule has 0 radical (unpaired) electrons. The number of nitrogens with one attached hydrogen (secondary N) is 1. The van der Waals surface area contributed by atoms with Crippen LogP contribution in [0.2, 0.25) is 0 Å². The normalized spacial score (nSPS) is 14.2. The molecule has 1 aliphatic rings. The van der Waals surface area contributed by atoms with Gasteiger partial charge >= 0.3 is 0 Å². The Labute approximate surface area is 148 Å². The van der Waals surface area contributed by atoms with E-state index in [2.05, 4.69) is 11.4 Å². The molecular weight excluding hydrogens is 321 g/mol. The van der Waals surface area contributed by atoms with Gasteiger partial charge in [-0.3, -0.25) is 14.5 Å². The van der Waals surface area contributed by atoms with Crippen LogP contribution in [0.15, 0.2) is 36.0 Å². The quantitative estimate of drug-likeness (QED) is 0.825. The predicted octanol–water partition coefficient (Wildman–Crippen LogP) is 3.00. The first-order valence-electron chi connectivity index (χ1n) is 8.73. The van der Waals surface area contributed by atoms with Gasteiger partial charge in [0.15, 0.2) is 0 Å². The molecule has 0 spiro atoms. The summed E-state index contributed by atoms with van der Waals surface area (Å²) in [7, 11) is 1.73. The smallest absolute Gasteiger partial charge is 0.240 e. The lowest BCUT2D eigenvalue weighted by Gasteiger charge is -2.28. The summed E-state index contributed by atoms with van der Waals surface area (Å²) in [5, 5.41) is 2.64. The number of carbonyl (C=O) groups is 2. The molecule has 2 rings (SSSR count). The zero-order valence-electron chi connectivity index (χ0n) is 14.9. The summed E-state index contributed by atoms with van der Waals surface area (Å²) in [6.45, 7) is 2.83. The van der Waals surface area contributed by atoms with Gasteiger partial charge in [-0.2, -0.15) is 0 Å². The fourth-order valence-corrected chi connectivity index (χ4v) is 2.99. The highest BCUT2D eigenvalue weighted by atomic mass is 19.1. The van der Waals surface area contributed by atoms with Gasteiger partial charge in [0, 0.05) is 17.9 Å². The van der Waals surface area contributed by atoms with E-state index in [0.717, 1.165) is 25.0 Å². The van der Waals surface area contributed by atoms with Gasteiger partial charge < -0.3 is 10.2 Å². The van der Waals surface area contributed by atoms with Crippen LogP contribution in [0.3, 0.4) is 0 Å². The average molecular weight is 347 g/mol. The number of amides is 2. The monoisotopic (exact) mass is 347 g/mol. The van der Waals surface area contributed by atoms with Crippen LogP contribution in [0.5, 0.6) is 0 Å². The van der Waals surface area contributed by atoms with Gasteiger partial charge in [-0.15, -0.1) is 0 Å². The third-order valence-corrected chi connectivity index (χ3v) is 4.16. The number of hydrogen-bond acceptors (Lipinski definition) is 3. The van der Waals surface area contributed by atoms with E-state index in [4.69, 9.17) is 0 Å². The van der Waals surface area contributed by atoms with Crippen LogP contribution >= 0.6 is 0 Å². The van der Waals surface area contributed by atoms with Crippen LogP contribution < -0.4 is 5.32 Å². The number of halogens is 1. The Morgan fingerprint density at radius 2 is 2.04 bits per heavy atom. The molecule has 0 bridgehead atoms. The number of hydrogen-bond donors (Lipinski definition) is 1. The maximum absolute atomic E-state index is 13.1. The number of allylic oxidation sites excluding steroid dienone is 2. The zero-order chi connectivity index (χ0) is 18.2. The van der Waals surface area contributed by atoms with E-state index in [9.17, 15) is 14.0 Å². The van der Waals surface area contributed by atoms with Gasteiger partial charge in [0.25, 0.3) is 0 Å². The summed E-state index contributed by atoms with van der Waals surface area (Å²) in [5.74, 6) is -0.682. The molecule has 0 saturated heterocycles. The molecule has 1 aromatic rings. The first kappa shape index (κ1) is 19.1. The molecule has 0 unspecified atom stereocenters. The number of carbonyl (C=O) groups excluding carboxylic acids is 2. The van der Waals surface area contributed by atoms with Gasteiger partial charge in [0.2, 0.25) is 11.8 Å². The summed E-state index contributed by atoms with van der Waals surface area (Å²) in [5.41, 5.74) is 1.50. The Balaban J connectivity index is 1.85. The van der Waals surface area contributed by atoms with E-state index in [0.29, 0.717) is 12.2 Å². The lowest BCUT2D eigenvalue weighted by Crippen LogP contribution is -2.41. The van der Waals surface area contributed by atoms with Crippen molar-refractivity contribution >= 4 is 17.5 Å². The van der Waals surface area contributed by atoms with Crippen molar-refractivity contribution in [2.45, 2.75) is 32.6 Å². The third kappa shape index (κ3) is 5.98. The van der Waals surface area contributed by atoms with E-state index in [1.807, 2.05) is 6.92 Å². The molecule has 2 amide bonds. The number of nitrogens with zero attached hydrogens (tertiary/aromatic N) is 2. The van der Waals surface area contributed by atoms with Crippen LogP contribution in [0.1, 0.15) is 32.6 Å². The Hall–Kier alpha value is -2.21. The van der Waals surface area contributed by atoms with Crippen LogP contribution in [0.4, 0.5) is 10.1 Å². The highest BCUT2D eigenvalue weighted by Crippen LogP contribution is 2.21. The second-order valence-electron chi connectivity index (χ2n) is 6.31. The summed E-state index contributed by atoms with van der Waals surface area (Å²) in [6.07, 6.45) is 6.38. The molecule has 0 atom stereocenters. The zero-order valence-corrected chi connectivity index (χ0v) is 14.9. The Morgan fingerprint density at radius 1 is 1.24 bits per heavy atom. The van der Waals surface area contributed by atoms with Crippen molar-refractivity contribution in [3.63, 3.8) is 0 Å². The Morgan fingerprint density at radius 3 is 2.68 bits per heavy atom. The minimum Gasteiger partial charge on any atom is -0.325 e. The standard InChI is InChI=1S/C19H26FN3O2/c1-3-23(17-10-5-4-6-11-17)19(25)14-22(2)13-18(24)21-16-9-7-8-15(20)12-16/h7-10,12H,3-6,11,13-14H2,1-2H3,(H,21,24). The number of likely N-dealkylation sites (N-methyl/N-ethyl adjacent to an activating group) is 2. The topological polar surface area (TPSA) is 52.7 Å². The predicted molar refractivity (Wildman–Crippen MR) is 96.5 cm³/mol. The van der Waals surface area contributed by atoms with Crippen molar-refractivity contribution in [1.82, 2.24) is 9.80 Å². The molecule has 0 aliphatic heterocycles. The average Bonchev–Trinajstić information content (AvgIpc) is 2.56. The van der Waals surface area contributed by atoms with Crippen molar-refractivity contribution in [2.24, 2.45) is 0 Å². The van der Waals surface area contributed by atoms with E-state index >= 15 is 0 Å². The highest BCUT2D eigenvalue weighted by Gasteiger charge is 2.20. The van der Waals surface area contributed by atoms with Crippen molar-refractivity contribution in [1.29, 1.82) is 0 Å². The Kier molecular flexibility index (Phi) is 7.13. The fourth-order valence-electron chi connectivity index (χ4n) is 2.99. The third-order valence-electron chi connectivity index (χ3n) is 4.16. The molecule has 25 heavy (non-hydrogen) atoms. The number of rotatable bonds is 7. The van der Waals surface area contributed by atoms with Gasteiger partial charge in [-0.05, 0) is 57.9 Å². The lowest BCUT2D eigenvalue weighted by atomic mass is 10.0. The number of anilines is 1. The molecule has 0 fully saturated rings. The van der Waals surface area contributed by atoms with Crippen LogP contribution in [0, 0.1) is 5.82 Å². The number of benzene rings is 1. The molecule has 1 N–H and O–H groups in total. The summed E-state index contributed by atoms with van der Waals surface area (Å²) in [4.78, 5) is 28.1. The van der Waals surface area contributed by atoms with E-state index in [1.165, 1.54) is 24.6 Å². The second kappa shape index (κ2) is 9.32. The summed E-state index contributed by atoms with van der Waals surface area (Å²) < 4.78 is 13.1. The van der Waals surface area contributed by atoms with Crippen molar-refractivity contribution in [3.05, 3.63) is 41.9 Å². The first-order valence-corrected chi connectivity index (χ1v) is 8.73. The largest absolute Gasteiger partial charge is 0.325 e. The SMILES string of the molecule is CCN(C(=O)CN(C)CC(=O)Nc1cccc(F)c1)C1=CCCCC1. The van der Waals surface area contributed by atoms with E-state index < -0.39 is 5.82 Å². The van der Waals surface area contributed by atoms with Crippen LogP contribution in [0.25, 0.3) is 0 Å². The van der Waals surface area contributed by atoms with E-state index in [1.54, 1.807) is 22.9 Å². The van der Waals surface area contributed by atoms with Crippen molar-refractivity contribution < 1.29 is 14.0 Å². The maximum atomic E-state index is 13.1. The molecule has 1 aliphatic carbocycles. The maximum Gasteiger partial charge on any atom is 0.240 e. The van der Waals surface area contributed by atoms with E-state index in [-0.39, 0.29) is 24.9 Å². The van der Waals surface area contributed by atoms with Crippen LogP contribution in [-0.2, 0) is 9.59 Å². The molecular formula is C19H26FN3O2. The molecule has 6 heteroatoms. The van der Waals surface area contributed by atoms with Crippen LogP contribution in [-0.4, -0.2) is 48.3 Å².